The monoisotopic (exact) mass is 236 g/mol. The minimum absolute atomic E-state index is 0.0544. The van der Waals surface area contributed by atoms with Gasteiger partial charge in [-0.3, -0.25) is 0 Å². The van der Waals surface area contributed by atoms with Crippen LogP contribution < -0.4 is 0 Å². The Morgan fingerprint density at radius 2 is 1.50 bits per heavy atom. The molecular weight excluding hydrogens is 220 g/mol. The summed E-state index contributed by atoms with van der Waals surface area (Å²) in [4.78, 5) is 0. The molecule has 0 aromatic carbocycles. The van der Waals surface area contributed by atoms with Crippen LogP contribution in [0.15, 0.2) is 0 Å². The fourth-order valence-electron chi connectivity index (χ4n) is 3.36. The molecule has 2 saturated carbocycles. The molecule has 2 nitrogen and oxygen atoms in total. The van der Waals surface area contributed by atoms with Gasteiger partial charge in [0.05, 0.1) is 5.25 Å². The van der Waals surface area contributed by atoms with Crippen molar-refractivity contribution in [3.8, 4) is 0 Å². The van der Waals surface area contributed by atoms with Crippen molar-refractivity contribution in [1.82, 2.24) is 0 Å². The van der Waals surface area contributed by atoms with Crippen LogP contribution in [0.4, 0.5) is 0 Å². The van der Waals surface area contributed by atoms with Crippen molar-refractivity contribution < 1.29 is 8.42 Å². The predicted octanol–water partition coefficient (Wildman–Crippen LogP) is 3.06. The molecule has 14 heavy (non-hydrogen) atoms. The SMILES string of the molecule is O=S(=O)(Cl)C1CCCCC12CCCC2. The summed E-state index contributed by atoms with van der Waals surface area (Å²) >= 11 is 0. The summed E-state index contributed by atoms with van der Waals surface area (Å²) in [6.07, 6.45) is 8.58. The molecule has 0 amide bonds. The first-order chi connectivity index (χ1) is 6.55. The number of hydrogen-bond acceptors (Lipinski definition) is 2. The highest BCUT2D eigenvalue weighted by Crippen LogP contribution is 2.52. The van der Waals surface area contributed by atoms with Gasteiger partial charge in [-0.25, -0.2) is 8.42 Å². The van der Waals surface area contributed by atoms with E-state index < -0.39 is 9.05 Å². The van der Waals surface area contributed by atoms with E-state index in [0.717, 1.165) is 32.1 Å². The molecule has 0 heterocycles. The van der Waals surface area contributed by atoms with Crippen molar-refractivity contribution in [2.45, 2.75) is 56.6 Å². The summed E-state index contributed by atoms with van der Waals surface area (Å²) in [5.74, 6) is 0. The summed E-state index contributed by atoms with van der Waals surface area (Å²) in [5, 5.41) is -0.257. The Bertz CT molecular complexity index is 304. The maximum Gasteiger partial charge on any atom is 0.235 e. The lowest BCUT2D eigenvalue weighted by molar-refractivity contribution is 0.202. The highest BCUT2D eigenvalue weighted by atomic mass is 35.7. The minimum Gasteiger partial charge on any atom is -0.212 e. The molecule has 2 fully saturated rings. The van der Waals surface area contributed by atoms with Crippen molar-refractivity contribution in [2.24, 2.45) is 5.41 Å². The van der Waals surface area contributed by atoms with Crippen LogP contribution in [0.2, 0.25) is 0 Å². The Morgan fingerprint density at radius 1 is 1.00 bits per heavy atom. The first kappa shape index (κ1) is 10.7. The van der Waals surface area contributed by atoms with Crippen LogP contribution in [0, 0.1) is 5.41 Å². The average Bonchev–Trinajstić information content (AvgIpc) is 2.52. The van der Waals surface area contributed by atoms with Gasteiger partial charge in [-0.2, -0.15) is 0 Å². The van der Waals surface area contributed by atoms with Crippen LogP contribution in [0.3, 0.4) is 0 Å². The fraction of sp³-hybridized carbons (Fsp3) is 1.00. The van der Waals surface area contributed by atoms with Gasteiger partial charge in [0, 0.05) is 10.7 Å². The van der Waals surface area contributed by atoms with Gasteiger partial charge < -0.3 is 0 Å². The van der Waals surface area contributed by atoms with E-state index in [0.29, 0.717) is 0 Å². The van der Waals surface area contributed by atoms with E-state index >= 15 is 0 Å². The summed E-state index contributed by atoms with van der Waals surface area (Å²) in [6.45, 7) is 0. The van der Waals surface area contributed by atoms with Gasteiger partial charge in [-0.05, 0) is 31.1 Å². The fourth-order valence-corrected chi connectivity index (χ4v) is 5.60. The molecule has 2 rings (SSSR count). The second kappa shape index (κ2) is 3.67. The lowest BCUT2D eigenvalue weighted by atomic mass is 9.72. The van der Waals surface area contributed by atoms with E-state index in [2.05, 4.69) is 0 Å². The molecule has 1 unspecified atom stereocenters. The standard InChI is InChI=1S/C10H17ClO2S/c11-14(12,13)9-5-1-2-6-10(9)7-3-4-8-10/h9H,1-8H2. The first-order valence-corrected chi connectivity index (χ1v) is 7.85. The zero-order chi connectivity index (χ0) is 10.2. The van der Waals surface area contributed by atoms with E-state index in [1.54, 1.807) is 0 Å². The molecule has 4 heteroatoms. The lowest BCUT2D eigenvalue weighted by Crippen LogP contribution is -2.39. The van der Waals surface area contributed by atoms with Gasteiger partial charge in [-0.15, -0.1) is 0 Å². The van der Waals surface area contributed by atoms with Crippen molar-refractivity contribution in [3.05, 3.63) is 0 Å². The zero-order valence-corrected chi connectivity index (χ0v) is 9.91. The Kier molecular flexibility index (Phi) is 2.82. The summed E-state index contributed by atoms with van der Waals surface area (Å²) in [5.41, 5.74) is 0.0544. The summed E-state index contributed by atoms with van der Waals surface area (Å²) < 4.78 is 23.0. The van der Waals surface area contributed by atoms with Crippen molar-refractivity contribution in [2.75, 3.05) is 0 Å². The van der Waals surface area contributed by atoms with E-state index in [1.165, 1.54) is 19.3 Å². The minimum atomic E-state index is -3.35. The highest BCUT2D eigenvalue weighted by Gasteiger charge is 2.48. The molecule has 2 aliphatic rings. The normalized spacial score (nSPS) is 32.2. The molecule has 0 aromatic rings. The van der Waals surface area contributed by atoms with E-state index in [4.69, 9.17) is 10.7 Å². The molecule has 0 bridgehead atoms. The largest absolute Gasteiger partial charge is 0.235 e. The van der Waals surface area contributed by atoms with Gasteiger partial charge in [-0.1, -0.05) is 25.7 Å². The van der Waals surface area contributed by atoms with Gasteiger partial charge in [0.15, 0.2) is 0 Å². The Labute approximate surface area is 90.4 Å². The maximum atomic E-state index is 11.5. The second-order valence-electron chi connectivity index (χ2n) is 4.78. The smallest absolute Gasteiger partial charge is 0.212 e. The summed E-state index contributed by atoms with van der Waals surface area (Å²) in [6, 6.07) is 0. The summed E-state index contributed by atoms with van der Waals surface area (Å²) in [7, 11) is 2.21. The zero-order valence-electron chi connectivity index (χ0n) is 8.34. The van der Waals surface area contributed by atoms with Gasteiger partial charge >= 0.3 is 0 Å². The third kappa shape index (κ3) is 1.81. The molecule has 0 radical (unpaired) electrons. The van der Waals surface area contributed by atoms with Gasteiger partial charge in [0.2, 0.25) is 9.05 Å². The Balaban J connectivity index is 2.27. The quantitative estimate of drug-likeness (QED) is 0.656. The second-order valence-corrected chi connectivity index (χ2v) is 7.59. The van der Waals surface area contributed by atoms with Gasteiger partial charge in [0.25, 0.3) is 0 Å². The lowest BCUT2D eigenvalue weighted by Gasteiger charge is -2.39. The maximum absolute atomic E-state index is 11.5. The molecule has 82 valence electrons. The number of hydrogen-bond donors (Lipinski definition) is 0. The molecule has 0 aromatic heterocycles. The van der Waals surface area contributed by atoms with Crippen LogP contribution in [-0.4, -0.2) is 13.7 Å². The number of halogens is 1. The van der Waals surface area contributed by atoms with Crippen LogP contribution in [-0.2, 0) is 9.05 Å². The molecule has 2 aliphatic carbocycles. The third-order valence-electron chi connectivity index (χ3n) is 4.01. The first-order valence-electron chi connectivity index (χ1n) is 5.48. The predicted molar refractivity (Wildman–Crippen MR) is 57.9 cm³/mol. The van der Waals surface area contributed by atoms with Gasteiger partial charge in [0.1, 0.15) is 0 Å². The van der Waals surface area contributed by atoms with Crippen LogP contribution >= 0.6 is 10.7 Å². The van der Waals surface area contributed by atoms with E-state index in [1.807, 2.05) is 0 Å². The topological polar surface area (TPSA) is 34.1 Å². The van der Waals surface area contributed by atoms with Crippen LogP contribution in [0.25, 0.3) is 0 Å². The average molecular weight is 237 g/mol. The van der Waals surface area contributed by atoms with Crippen molar-refractivity contribution in [1.29, 1.82) is 0 Å². The molecule has 0 saturated heterocycles. The highest BCUT2D eigenvalue weighted by molar-refractivity contribution is 8.14. The molecular formula is C10H17ClO2S. The molecule has 0 N–H and O–H groups in total. The van der Waals surface area contributed by atoms with Crippen LogP contribution in [0.5, 0.6) is 0 Å². The third-order valence-corrected chi connectivity index (χ3v) is 6.07. The Morgan fingerprint density at radius 3 is 2.00 bits per heavy atom. The van der Waals surface area contributed by atoms with Crippen molar-refractivity contribution in [3.63, 3.8) is 0 Å². The molecule has 0 aliphatic heterocycles. The number of rotatable bonds is 1. The Hall–Kier alpha value is 0.240. The molecule has 1 atom stereocenters. The van der Waals surface area contributed by atoms with Crippen LogP contribution in [0.1, 0.15) is 51.4 Å². The van der Waals surface area contributed by atoms with Crippen molar-refractivity contribution >= 4 is 19.7 Å². The molecule has 1 spiro atoms. The van der Waals surface area contributed by atoms with E-state index in [-0.39, 0.29) is 10.7 Å². The van der Waals surface area contributed by atoms with E-state index in [9.17, 15) is 8.42 Å².